The summed E-state index contributed by atoms with van der Waals surface area (Å²) in [7, 11) is 0. The van der Waals surface area contributed by atoms with Gasteiger partial charge in [0.2, 0.25) is 5.78 Å². The minimum Gasteiger partial charge on any atom is -0.504 e. The molecule has 23 heavy (non-hydrogen) atoms. The van der Waals surface area contributed by atoms with Crippen LogP contribution in [0.25, 0.3) is 0 Å². The number of hydrogen-bond donors (Lipinski definition) is 1. The Hall–Kier alpha value is -1.64. The Morgan fingerprint density at radius 1 is 1.22 bits per heavy atom. The van der Waals surface area contributed by atoms with Crippen molar-refractivity contribution in [3.63, 3.8) is 0 Å². The van der Waals surface area contributed by atoms with Crippen LogP contribution in [0.15, 0.2) is 35.1 Å². The lowest BCUT2D eigenvalue weighted by molar-refractivity contribution is -0.118. The number of aliphatic hydroxyl groups is 1. The van der Waals surface area contributed by atoms with Crippen LogP contribution in [0.5, 0.6) is 0 Å². The van der Waals surface area contributed by atoms with E-state index in [0.717, 1.165) is 25.3 Å². The van der Waals surface area contributed by atoms with E-state index in [0.29, 0.717) is 29.7 Å². The van der Waals surface area contributed by atoms with Crippen LogP contribution in [-0.4, -0.2) is 16.7 Å². The largest absolute Gasteiger partial charge is 0.504 e. The van der Waals surface area contributed by atoms with E-state index in [-0.39, 0.29) is 17.0 Å². The summed E-state index contributed by atoms with van der Waals surface area (Å²) in [6.45, 7) is 6.78. The predicted molar refractivity (Wildman–Crippen MR) is 89.9 cm³/mol. The molecule has 0 aromatic heterocycles. The first-order valence-corrected chi connectivity index (χ1v) is 8.69. The van der Waals surface area contributed by atoms with E-state index in [1.807, 2.05) is 0 Å². The average Bonchev–Trinajstić information content (AvgIpc) is 2.49. The summed E-state index contributed by atoms with van der Waals surface area (Å²) >= 11 is 0. The molecule has 3 aliphatic carbocycles. The Bertz CT molecular complexity index is 637. The van der Waals surface area contributed by atoms with E-state index in [9.17, 15) is 14.7 Å². The Balaban J connectivity index is 1.91. The minimum atomic E-state index is -0.407. The molecule has 4 atom stereocenters. The maximum Gasteiger partial charge on any atom is 0.223 e. The number of hydrogen-bond acceptors (Lipinski definition) is 3. The van der Waals surface area contributed by atoms with E-state index < -0.39 is 5.76 Å². The number of Topliss-reactive ketones (excluding diaryl/α,β-unsaturated/α-hetero) is 1. The normalized spacial score (nSPS) is 37.7. The van der Waals surface area contributed by atoms with Gasteiger partial charge in [0.15, 0.2) is 11.5 Å². The molecule has 0 aliphatic heterocycles. The molecule has 0 radical (unpaired) electrons. The summed E-state index contributed by atoms with van der Waals surface area (Å²) in [5, 5.41) is 9.71. The summed E-state index contributed by atoms with van der Waals surface area (Å²) in [6.07, 6.45) is 10.0. The van der Waals surface area contributed by atoms with Gasteiger partial charge < -0.3 is 5.11 Å². The first kappa shape index (κ1) is 16.2. The molecule has 0 saturated heterocycles. The van der Waals surface area contributed by atoms with E-state index in [2.05, 4.69) is 26.8 Å². The summed E-state index contributed by atoms with van der Waals surface area (Å²) in [6, 6.07) is 0. The zero-order valence-corrected chi connectivity index (χ0v) is 14.3. The number of ketones is 2. The molecule has 0 heterocycles. The molecule has 1 saturated carbocycles. The molecule has 1 fully saturated rings. The van der Waals surface area contributed by atoms with Gasteiger partial charge in [-0.2, -0.15) is 0 Å². The Morgan fingerprint density at radius 2 is 1.96 bits per heavy atom. The van der Waals surface area contributed by atoms with Gasteiger partial charge in [0, 0.05) is 11.6 Å². The number of allylic oxidation sites excluding steroid dienone is 5. The maximum absolute atomic E-state index is 12.3. The first-order valence-electron chi connectivity index (χ1n) is 8.69. The molecule has 0 bridgehead atoms. The third-order valence-electron chi connectivity index (χ3n) is 6.59. The van der Waals surface area contributed by atoms with Crippen molar-refractivity contribution in [2.24, 2.45) is 23.2 Å². The molecule has 3 aliphatic rings. The van der Waals surface area contributed by atoms with Gasteiger partial charge in [-0.25, -0.2) is 0 Å². The SMILES string of the molecule is CC1=CCC[C@@H]2C1CC[C@H](C)[C@@]2(C)CC1=CC(=O)C=C(O)C1=O. The van der Waals surface area contributed by atoms with Crippen LogP contribution in [0, 0.1) is 23.2 Å². The lowest BCUT2D eigenvalue weighted by Gasteiger charge is -2.52. The van der Waals surface area contributed by atoms with Crippen molar-refractivity contribution in [3.8, 4) is 0 Å². The van der Waals surface area contributed by atoms with Gasteiger partial charge in [0.05, 0.1) is 0 Å². The number of fused-ring (bicyclic) bond motifs is 1. The lowest BCUT2D eigenvalue weighted by atomic mass is 9.52. The van der Waals surface area contributed by atoms with Crippen molar-refractivity contribution in [1.82, 2.24) is 0 Å². The van der Waals surface area contributed by atoms with Crippen LogP contribution in [0.2, 0.25) is 0 Å². The molecule has 0 amide bonds. The van der Waals surface area contributed by atoms with Crippen LogP contribution in [0.1, 0.15) is 52.9 Å². The second-order valence-corrected chi connectivity index (χ2v) is 7.83. The van der Waals surface area contributed by atoms with Crippen molar-refractivity contribution < 1.29 is 14.7 Å². The van der Waals surface area contributed by atoms with Gasteiger partial charge in [-0.05, 0) is 68.3 Å². The van der Waals surface area contributed by atoms with Crippen molar-refractivity contribution >= 4 is 11.6 Å². The molecule has 3 nitrogen and oxygen atoms in total. The third-order valence-corrected chi connectivity index (χ3v) is 6.59. The Labute approximate surface area is 138 Å². The molecule has 0 aromatic carbocycles. The van der Waals surface area contributed by atoms with Gasteiger partial charge in [0.25, 0.3) is 0 Å². The van der Waals surface area contributed by atoms with Crippen LogP contribution < -0.4 is 0 Å². The molecule has 3 rings (SSSR count). The monoisotopic (exact) mass is 314 g/mol. The van der Waals surface area contributed by atoms with E-state index >= 15 is 0 Å². The molecular weight excluding hydrogens is 288 g/mol. The van der Waals surface area contributed by atoms with E-state index in [1.54, 1.807) is 0 Å². The number of aliphatic hydroxyl groups excluding tert-OH is 1. The van der Waals surface area contributed by atoms with Gasteiger partial charge in [-0.1, -0.05) is 25.5 Å². The van der Waals surface area contributed by atoms with Gasteiger partial charge >= 0.3 is 0 Å². The standard InChI is InChI=1S/C20H26O3/c1-12-5-4-6-17-16(12)8-7-13(2)20(17,3)11-14-9-15(21)10-18(22)19(14)23/h5,9-10,13,16-17,22H,4,6-8,11H2,1-3H3/t13-,16?,17+,20+/m0/s1. The number of carbonyl (C=O) groups excluding carboxylic acids is 2. The zero-order valence-electron chi connectivity index (χ0n) is 14.3. The minimum absolute atomic E-state index is 0.00215. The molecule has 3 heteroatoms. The van der Waals surface area contributed by atoms with Crippen molar-refractivity contribution in [2.75, 3.05) is 0 Å². The number of carbonyl (C=O) groups is 2. The predicted octanol–water partition coefficient (Wildman–Crippen LogP) is 4.31. The van der Waals surface area contributed by atoms with Gasteiger partial charge in [-0.15, -0.1) is 0 Å². The molecule has 1 N–H and O–H groups in total. The molecule has 1 unspecified atom stereocenters. The summed E-state index contributed by atoms with van der Waals surface area (Å²) in [5.74, 6) is 0.600. The fourth-order valence-corrected chi connectivity index (χ4v) is 4.99. The zero-order chi connectivity index (χ0) is 16.8. The fraction of sp³-hybridized carbons (Fsp3) is 0.600. The van der Waals surface area contributed by atoms with E-state index in [1.165, 1.54) is 18.1 Å². The van der Waals surface area contributed by atoms with Crippen LogP contribution in [-0.2, 0) is 9.59 Å². The highest BCUT2D eigenvalue weighted by atomic mass is 16.3. The number of rotatable bonds is 2. The van der Waals surface area contributed by atoms with E-state index in [4.69, 9.17) is 0 Å². The summed E-state index contributed by atoms with van der Waals surface area (Å²) < 4.78 is 0. The van der Waals surface area contributed by atoms with Gasteiger partial charge in [0.1, 0.15) is 0 Å². The van der Waals surface area contributed by atoms with Crippen molar-refractivity contribution in [2.45, 2.75) is 52.9 Å². The smallest absolute Gasteiger partial charge is 0.223 e. The maximum atomic E-state index is 12.3. The lowest BCUT2D eigenvalue weighted by Crippen LogP contribution is -2.45. The molecule has 0 spiro atoms. The van der Waals surface area contributed by atoms with Crippen molar-refractivity contribution in [1.29, 1.82) is 0 Å². The van der Waals surface area contributed by atoms with Gasteiger partial charge in [-0.3, -0.25) is 9.59 Å². The summed E-state index contributed by atoms with van der Waals surface area (Å²) in [4.78, 5) is 24.0. The third kappa shape index (κ3) is 2.71. The quantitative estimate of drug-likeness (QED) is 0.610. The second-order valence-electron chi connectivity index (χ2n) is 7.83. The van der Waals surface area contributed by atoms with Crippen molar-refractivity contribution in [3.05, 3.63) is 35.1 Å². The van der Waals surface area contributed by atoms with Crippen LogP contribution >= 0.6 is 0 Å². The molecule has 124 valence electrons. The highest BCUT2D eigenvalue weighted by molar-refractivity contribution is 6.19. The highest BCUT2D eigenvalue weighted by Crippen LogP contribution is 2.56. The molecule has 0 aromatic rings. The first-order chi connectivity index (χ1) is 10.8. The summed E-state index contributed by atoms with van der Waals surface area (Å²) in [5.41, 5.74) is 1.97. The second kappa shape index (κ2) is 5.77. The molecular formula is C20H26O3. The Morgan fingerprint density at radius 3 is 2.70 bits per heavy atom. The van der Waals surface area contributed by atoms with Crippen LogP contribution in [0.3, 0.4) is 0 Å². The topological polar surface area (TPSA) is 54.4 Å². The Kier molecular flexibility index (Phi) is 4.07. The highest BCUT2D eigenvalue weighted by Gasteiger charge is 2.48. The fourth-order valence-electron chi connectivity index (χ4n) is 4.99. The average molecular weight is 314 g/mol. The van der Waals surface area contributed by atoms with Crippen LogP contribution in [0.4, 0.5) is 0 Å².